The molecule has 22 heavy (non-hydrogen) atoms. The summed E-state index contributed by atoms with van der Waals surface area (Å²) < 4.78 is 0. The van der Waals surface area contributed by atoms with E-state index in [-0.39, 0.29) is 18.6 Å². The van der Waals surface area contributed by atoms with Gasteiger partial charge in [-0.15, -0.1) is 0 Å². The molecule has 2 atom stereocenters. The third-order valence-corrected chi connectivity index (χ3v) is 3.74. The van der Waals surface area contributed by atoms with Crippen LogP contribution in [0.2, 0.25) is 0 Å². The van der Waals surface area contributed by atoms with Gasteiger partial charge in [-0.1, -0.05) is 11.8 Å². The predicted octanol–water partition coefficient (Wildman–Crippen LogP) is -1.56. The third kappa shape index (κ3) is 4.70. The molecule has 122 valence electrons. The van der Waals surface area contributed by atoms with Crippen LogP contribution in [0.15, 0.2) is 0 Å². The molecule has 10 nitrogen and oxygen atoms in total. The number of nitrogens with two attached hydrogens (primary N) is 1. The lowest BCUT2D eigenvalue weighted by Gasteiger charge is -2.23. The number of hydrogen-bond donors (Lipinski definition) is 4. The summed E-state index contributed by atoms with van der Waals surface area (Å²) >= 11 is 0.732. The molecular weight excluding hydrogens is 318 g/mol. The molecule has 0 bridgehead atoms. The maximum Gasteiger partial charge on any atom is 0.322 e. The highest BCUT2D eigenvalue weighted by Crippen LogP contribution is 2.25. The maximum atomic E-state index is 12.1. The fourth-order valence-corrected chi connectivity index (χ4v) is 2.68. The van der Waals surface area contributed by atoms with Gasteiger partial charge in [0.15, 0.2) is 0 Å². The normalized spacial score (nSPS) is 18.9. The van der Waals surface area contributed by atoms with Crippen LogP contribution in [0.25, 0.3) is 0 Å². The Bertz CT molecular complexity index is 510. The van der Waals surface area contributed by atoms with Crippen molar-refractivity contribution >= 4 is 40.8 Å². The first-order chi connectivity index (χ1) is 10.2. The lowest BCUT2D eigenvalue weighted by atomic mass is 10.1. The molecule has 0 aromatic rings. The van der Waals surface area contributed by atoms with E-state index in [0.29, 0.717) is 4.90 Å². The van der Waals surface area contributed by atoms with E-state index in [9.17, 15) is 24.0 Å². The van der Waals surface area contributed by atoms with Crippen LogP contribution in [-0.2, 0) is 19.2 Å². The molecule has 0 radical (unpaired) electrons. The van der Waals surface area contributed by atoms with E-state index in [1.54, 1.807) is 0 Å². The summed E-state index contributed by atoms with van der Waals surface area (Å²) in [5.41, 5.74) is 5.55. The smallest absolute Gasteiger partial charge is 0.322 e. The Morgan fingerprint density at radius 2 is 1.95 bits per heavy atom. The molecule has 5 N–H and O–H groups in total. The molecule has 1 unspecified atom stereocenters. The van der Waals surface area contributed by atoms with Gasteiger partial charge in [0.05, 0.1) is 6.04 Å². The Morgan fingerprint density at radius 1 is 1.32 bits per heavy atom. The first-order valence-electron chi connectivity index (χ1n) is 6.20. The second kappa shape index (κ2) is 7.75. The van der Waals surface area contributed by atoms with E-state index in [1.807, 2.05) is 0 Å². The van der Waals surface area contributed by atoms with Crippen molar-refractivity contribution in [3.05, 3.63) is 0 Å². The van der Waals surface area contributed by atoms with Crippen LogP contribution in [-0.4, -0.2) is 68.5 Å². The summed E-state index contributed by atoms with van der Waals surface area (Å²) in [6, 6.07) is -2.38. The Labute approximate surface area is 129 Å². The Kier molecular flexibility index (Phi) is 6.31. The minimum atomic E-state index is -1.26. The molecule has 0 aromatic heterocycles. The van der Waals surface area contributed by atoms with Crippen LogP contribution in [0.4, 0.5) is 4.79 Å². The van der Waals surface area contributed by atoms with E-state index in [2.05, 4.69) is 5.32 Å². The monoisotopic (exact) mass is 333 g/mol. The number of nitrogens with zero attached hydrogens (tertiary/aromatic N) is 1. The molecular formula is C11H15N3O7S. The molecule has 1 saturated heterocycles. The van der Waals surface area contributed by atoms with Crippen LogP contribution in [0.3, 0.4) is 0 Å². The Hall–Kier alpha value is -2.14. The number of imide groups is 1. The van der Waals surface area contributed by atoms with Crippen LogP contribution < -0.4 is 11.1 Å². The highest BCUT2D eigenvalue weighted by Gasteiger charge is 2.42. The summed E-state index contributed by atoms with van der Waals surface area (Å²) in [4.78, 5) is 57.2. The average molecular weight is 333 g/mol. The molecule has 1 fully saturated rings. The predicted molar refractivity (Wildman–Crippen MR) is 74.0 cm³/mol. The third-order valence-electron chi connectivity index (χ3n) is 2.81. The molecule has 11 heteroatoms. The van der Waals surface area contributed by atoms with E-state index in [0.717, 1.165) is 11.8 Å². The van der Waals surface area contributed by atoms with Crippen molar-refractivity contribution in [2.45, 2.75) is 24.9 Å². The Balaban J connectivity index is 2.73. The number of carbonyl (C=O) groups excluding carboxylic acids is 3. The number of nitrogens with one attached hydrogen (secondary N) is 1. The lowest BCUT2D eigenvalue weighted by Crippen LogP contribution is -2.53. The Morgan fingerprint density at radius 3 is 2.50 bits per heavy atom. The number of thioether (sulfide) groups is 1. The second-order valence-corrected chi connectivity index (χ2v) is 5.42. The first-order valence-corrected chi connectivity index (χ1v) is 7.19. The molecule has 3 amide bonds. The summed E-state index contributed by atoms with van der Waals surface area (Å²) in [6.07, 6.45) is -0.524. The van der Waals surface area contributed by atoms with Gasteiger partial charge in [-0.3, -0.25) is 28.9 Å². The fraction of sp³-hybridized carbons (Fsp3) is 0.545. The summed E-state index contributed by atoms with van der Waals surface area (Å²) in [6.45, 7) is -0.638. The number of amides is 3. The summed E-state index contributed by atoms with van der Waals surface area (Å²) in [7, 11) is 0. The van der Waals surface area contributed by atoms with Crippen LogP contribution in [0, 0.1) is 0 Å². The van der Waals surface area contributed by atoms with Crippen molar-refractivity contribution in [3.63, 3.8) is 0 Å². The highest BCUT2D eigenvalue weighted by molar-refractivity contribution is 8.14. The number of carboxylic acid groups (broad SMARTS) is 2. The number of rotatable bonds is 7. The van der Waals surface area contributed by atoms with Gasteiger partial charge in [0, 0.05) is 12.2 Å². The largest absolute Gasteiger partial charge is 0.481 e. The van der Waals surface area contributed by atoms with Gasteiger partial charge in [-0.25, -0.2) is 0 Å². The standard InChI is InChI=1S/C11H15N3O7S/c12-5(1-2-7(15)16)10(20)14-6(4-22-11(14)21)9(19)13-3-8(17)18/h5-6H,1-4,12H2,(H,13,19)(H,15,16)(H,17,18)/t5-,6?/m0/s1. The molecule has 1 rings (SSSR count). The summed E-state index contributed by atoms with van der Waals surface area (Å²) in [5, 5.41) is 18.5. The van der Waals surface area contributed by atoms with Crippen LogP contribution in [0.1, 0.15) is 12.8 Å². The van der Waals surface area contributed by atoms with Crippen molar-refractivity contribution < 1.29 is 34.2 Å². The molecule has 0 spiro atoms. The number of carbonyl (C=O) groups is 5. The highest BCUT2D eigenvalue weighted by atomic mass is 32.2. The van der Waals surface area contributed by atoms with E-state index in [4.69, 9.17) is 15.9 Å². The zero-order valence-electron chi connectivity index (χ0n) is 11.4. The molecule has 1 aliphatic rings. The van der Waals surface area contributed by atoms with Gasteiger partial charge < -0.3 is 21.3 Å². The lowest BCUT2D eigenvalue weighted by molar-refractivity contribution is -0.140. The zero-order chi connectivity index (χ0) is 16.9. The SMILES string of the molecule is N[C@@H](CCC(=O)O)C(=O)N1C(=O)SCC1C(=O)NCC(=O)O. The van der Waals surface area contributed by atoms with Gasteiger partial charge >= 0.3 is 11.9 Å². The second-order valence-electron chi connectivity index (χ2n) is 4.45. The van der Waals surface area contributed by atoms with Gasteiger partial charge in [0.25, 0.3) is 5.24 Å². The fourth-order valence-electron chi connectivity index (χ4n) is 1.72. The number of carboxylic acids is 2. The summed E-state index contributed by atoms with van der Waals surface area (Å²) in [5.74, 6) is -4.05. The number of aliphatic carboxylic acids is 2. The molecule has 0 saturated carbocycles. The van der Waals surface area contributed by atoms with Crippen LogP contribution in [0.5, 0.6) is 0 Å². The minimum Gasteiger partial charge on any atom is -0.481 e. The van der Waals surface area contributed by atoms with Crippen molar-refractivity contribution in [1.82, 2.24) is 10.2 Å². The van der Waals surface area contributed by atoms with E-state index < -0.39 is 47.6 Å². The zero-order valence-corrected chi connectivity index (χ0v) is 12.2. The van der Waals surface area contributed by atoms with Crippen molar-refractivity contribution in [3.8, 4) is 0 Å². The van der Waals surface area contributed by atoms with Crippen LogP contribution >= 0.6 is 11.8 Å². The minimum absolute atomic E-state index is 0.0122. The topological polar surface area (TPSA) is 167 Å². The average Bonchev–Trinajstić information content (AvgIpc) is 2.82. The van der Waals surface area contributed by atoms with Gasteiger partial charge in [0.1, 0.15) is 12.6 Å². The molecule has 0 aromatic carbocycles. The van der Waals surface area contributed by atoms with Gasteiger partial charge in [-0.2, -0.15) is 0 Å². The van der Waals surface area contributed by atoms with E-state index in [1.165, 1.54) is 0 Å². The first kappa shape index (κ1) is 17.9. The van der Waals surface area contributed by atoms with Crippen molar-refractivity contribution in [2.75, 3.05) is 12.3 Å². The van der Waals surface area contributed by atoms with Crippen molar-refractivity contribution in [2.24, 2.45) is 5.73 Å². The van der Waals surface area contributed by atoms with Gasteiger partial charge in [-0.05, 0) is 6.42 Å². The molecule has 1 heterocycles. The number of hydrogen-bond acceptors (Lipinski definition) is 7. The maximum absolute atomic E-state index is 12.1. The van der Waals surface area contributed by atoms with E-state index >= 15 is 0 Å². The molecule has 0 aliphatic carbocycles. The van der Waals surface area contributed by atoms with Crippen molar-refractivity contribution in [1.29, 1.82) is 0 Å². The quantitative estimate of drug-likeness (QED) is 0.431. The van der Waals surface area contributed by atoms with Gasteiger partial charge in [0.2, 0.25) is 11.8 Å². The molecule has 1 aliphatic heterocycles.